The maximum atomic E-state index is 13.8. The van der Waals surface area contributed by atoms with Gasteiger partial charge in [0, 0.05) is 23.3 Å². The van der Waals surface area contributed by atoms with Crippen LogP contribution in [0.25, 0.3) is 55.8 Å². The van der Waals surface area contributed by atoms with Gasteiger partial charge in [0.25, 0.3) is 0 Å². The van der Waals surface area contributed by atoms with Crippen LogP contribution in [-0.2, 0) is 0 Å². The molecule has 0 aliphatic rings. The van der Waals surface area contributed by atoms with Crippen LogP contribution in [-0.4, -0.2) is 35.3 Å². The summed E-state index contributed by atoms with van der Waals surface area (Å²) in [5.41, 5.74) is 7.14. The molecule has 1 aromatic carbocycles. The lowest BCUT2D eigenvalue weighted by Crippen LogP contribution is -1.85. The molecule has 8 heteroatoms. The van der Waals surface area contributed by atoms with E-state index in [0.717, 1.165) is 44.5 Å². The fourth-order valence-corrected chi connectivity index (χ4v) is 3.70. The summed E-state index contributed by atoms with van der Waals surface area (Å²) in [6.45, 7) is 0. The number of fused-ring (bicyclic) bond motifs is 2. The predicted molar refractivity (Wildman–Crippen MR) is 112 cm³/mol. The Bertz CT molecular complexity index is 1510. The molecule has 7 nitrogen and oxygen atoms in total. The highest BCUT2D eigenvalue weighted by atomic mass is 19.1. The SMILES string of the molecule is Fc1cccc(-c2ccnc3[nH]c(-c4n[nH]c5ccc(-c6cn[nH]c6)nc45)cc23)c1. The summed E-state index contributed by atoms with van der Waals surface area (Å²) in [6, 6.07) is 14.3. The maximum Gasteiger partial charge on any atom is 0.138 e. The van der Waals surface area contributed by atoms with Crippen LogP contribution in [0.5, 0.6) is 0 Å². The summed E-state index contributed by atoms with van der Waals surface area (Å²) in [6.07, 6.45) is 5.23. The molecule has 0 fully saturated rings. The fourth-order valence-electron chi connectivity index (χ4n) is 3.70. The smallest absolute Gasteiger partial charge is 0.138 e. The van der Waals surface area contributed by atoms with Crippen LogP contribution < -0.4 is 0 Å². The van der Waals surface area contributed by atoms with Gasteiger partial charge in [-0.25, -0.2) is 14.4 Å². The number of H-pyrrole nitrogens is 3. The second-order valence-electron chi connectivity index (χ2n) is 6.97. The van der Waals surface area contributed by atoms with E-state index in [4.69, 9.17) is 4.98 Å². The van der Waals surface area contributed by atoms with Crippen molar-refractivity contribution in [3.63, 3.8) is 0 Å². The number of aromatic amines is 3. The first-order valence-corrected chi connectivity index (χ1v) is 9.34. The van der Waals surface area contributed by atoms with Crippen molar-refractivity contribution in [3.8, 4) is 33.8 Å². The number of hydrogen-bond acceptors (Lipinski definition) is 4. The molecule has 0 aliphatic carbocycles. The molecule has 0 saturated carbocycles. The van der Waals surface area contributed by atoms with Gasteiger partial charge in [-0.2, -0.15) is 10.2 Å². The van der Waals surface area contributed by atoms with Crippen LogP contribution in [0.1, 0.15) is 0 Å². The van der Waals surface area contributed by atoms with Gasteiger partial charge in [-0.3, -0.25) is 10.2 Å². The minimum Gasteiger partial charge on any atom is -0.338 e. The maximum absolute atomic E-state index is 13.8. The number of benzene rings is 1. The summed E-state index contributed by atoms with van der Waals surface area (Å²) >= 11 is 0. The van der Waals surface area contributed by atoms with E-state index in [2.05, 4.69) is 30.4 Å². The van der Waals surface area contributed by atoms with Gasteiger partial charge in [-0.15, -0.1) is 0 Å². The van der Waals surface area contributed by atoms with Crippen LogP contribution in [0.3, 0.4) is 0 Å². The van der Waals surface area contributed by atoms with Crippen molar-refractivity contribution in [2.75, 3.05) is 0 Å². The van der Waals surface area contributed by atoms with Gasteiger partial charge in [0.05, 0.1) is 23.1 Å². The van der Waals surface area contributed by atoms with E-state index < -0.39 is 0 Å². The molecule has 144 valence electrons. The molecule has 0 saturated heterocycles. The Morgan fingerprint density at radius 3 is 2.80 bits per heavy atom. The van der Waals surface area contributed by atoms with Crippen LogP contribution in [0.15, 0.2) is 67.1 Å². The van der Waals surface area contributed by atoms with Crippen molar-refractivity contribution in [1.82, 2.24) is 35.3 Å². The lowest BCUT2D eigenvalue weighted by atomic mass is 10.0. The summed E-state index contributed by atoms with van der Waals surface area (Å²) in [7, 11) is 0. The highest BCUT2D eigenvalue weighted by molar-refractivity contribution is 5.99. The van der Waals surface area contributed by atoms with Crippen molar-refractivity contribution in [2.45, 2.75) is 0 Å². The predicted octanol–water partition coefficient (Wildman–Crippen LogP) is 4.70. The topological polar surface area (TPSA) is 98.9 Å². The molecule has 0 atom stereocenters. The van der Waals surface area contributed by atoms with Gasteiger partial charge < -0.3 is 4.98 Å². The molecule has 5 aromatic heterocycles. The van der Waals surface area contributed by atoms with Gasteiger partial charge in [0.2, 0.25) is 0 Å². The molecule has 0 radical (unpaired) electrons. The molecule has 0 spiro atoms. The quantitative estimate of drug-likeness (QED) is 0.404. The number of halogens is 1. The molecule has 0 amide bonds. The van der Waals surface area contributed by atoms with Crippen molar-refractivity contribution in [1.29, 1.82) is 0 Å². The van der Waals surface area contributed by atoms with Crippen LogP contribution in [0, 0.1) is 5.82 Å². The van der Waals surface area contributed by atoms with Gasteiger partial charge in [-0.1, -0.05) is 12.1 Å². The van der Waals surface area contributed by atoms with E-state index in [0.29, 0.717) is 11.3 Å². The van der Waals surface area contributed by atoms with E-state index in [1.807, 2.05) is 30.3 Å². The number of aromatic nitrogens is 7. The third kappa shape index (κ3) is 2.58. The van der Waals surface area contributed by atoms with E-state index in [-0.39, 0.29) is 5.82 Å². The lowest BCUT2D eigenvalue weighted by Gasteiger charge is -2.02. The Morgan fingerprint density at radius 2 is 1.93 bits per heavy atom. The number of rotatable bonds is 3. The largest absolute Gasteiger partial charge is 0.338 e. The van der Waals surface area contributed by atoms with Crippen LogP contribution in [0.2, 0.25) is 0 Å². The Morgan fingerprint density at radius 1 is 0.967 bits per heavy atom. The molecule has 3 N–H and O–H groups in total. The molecule has 0 unspecified atom stereocenters. The van der Waals surface area contributed by atoms with Crippen molar-refractivity contribution in [3.05, 3.63) is 72.9 Å². The highest BCUT2D eigenvalue weighted by Crippen LogP contribution is 2.33. The van der Waals surface area contributed by atoms with Gasteiger partial charge in [0.15, 0.2) is 0 Å². The number of nitrogens with zero attached hydrogens (tertiary/aromatic N) is 4. The zero-order valence-electron chi connectivity index (χ0n) is 15.5. The van der Waals surface area contributed by atoms with Gasteiger partial charge in [0.1, 0.15) is 22.7 Å². The fraction of sp³-hybridized carbons (Fsp3) is 0. The van der Waals surface area contributed by atoms with E-state index in [1.54, 1.807) is 24.7 Å². The van der Waals surface area contributed by atoms with E-state index >= 15 is 0 Å². The molecule has 0 aliphatic heterocycles. The van der Waals surface area contributed by atoms with Crippen LogP contribution in [0.4, 0.5) is 4.39 Å². The number of hydrogen-bond donors (Lipinski definition) is 3. The minimum absolute atomic E-state index is 0.275. The van der Waals surface area contributed by atoms with E-state index in [1.165, 1.54) is 12.1 Å². The molecule has 6 rings (SSSR count). The molecule has 0 bridgehead atoms. The Kier molecular flexibility index (Phi) is 3.51. The first-order chi connectivity index (χ1) is 14.8. The molecular formula is C22H14FN7. The molecule has 6 aromatic rings. The second kappa shape index (κ2) is 6.35. The molecule has 5 heterocycles. The van der Waals surface area contributed by atoms with Crippen molar-refractivity contribution < 1.29 is 4.39 Å². The van der Waals surface area contributed by atoms with Crippen LogP contribution >= 0.6 is 0 Å². The average molecular weight is 395 g/mol. The summed E-state index contributed by atoms with van der Waals surface area (Å²) < 4.78 is 13.8. The highest BCUT2D eigenvalue weighted by Gasteiger charge is 2.16. The zero-order chi connectivity index (χ0) is 20.1. The average Bonchev–Trinajstić information content (AvgIpc) is 3.51. The summed E-state index contributed by atoms with van der Waals surface area (Å²) in [5, 5.41) is 15.2. The minimum atomic E-state index is -0.275. The first kappa shape index (κ1) is 16.6. The van der Waals surface area contributed by atoms with E-state index in [9.17, 15) is 4.39 Å². The summed E-state index contributed by atoms with van der Waals surface area (Å²) in [4.78, 5) is 12.5. The third-order valence-electron chi connectivity index (χ3n) is 5.12. The Balaban J connectivity index is 1.53. The zero-order valence-corrected chi connectivity index (χ0v) is 15.5. The summed E-state index contributed by atoms with van der Waals surface area (Å²) in [5.74, 6) is -0.275. The normalized spacial score (nSPS) is 11.5. The standard InChI is InChI=1S/C22H14FN7/c23-14-3-1-2-12(8-14)15-6-7-24-22-16(15)9-19(28-22)21-20-18(29-30-21)5-4-17(27-20)13-10-25-26-11-13/h1-11H,(H,24,28)(H,25,26)(H,29,30). The first-order valence-electron chi connectivity index (χ1n) is 9.34. The Labute approximate surface area is 169 Å². The third-order valence-corrected chi connectivity index (χ3v) is 5.12. The van der Waals surface area contributed by atoms with Gasteiger partial charge in [-0.05, 0) is 47.5 Å². The molecule has 30 heavy (non-hydrogen) atoms. The van der Waals surface area contributed by atoms with Crippen molar-refractivity contribution in [2.24, 2.45) is 0 Å². The lowest BCUT2D eigenvalue weighted by molar-refractivity contribution is 0.628. The monoisotopic (exact) mass is 395 g/mol. The Hall–Kier alpha value is -4.33. The second-order valence-corrected chi connectivity index (χ2v) is 6.97. The van der Waals surface area contributed by atoms with Crippen molar-refractivity contribution >= 4 is 22.1 Å². The number of nitrogens with one attached hydrogen (secondary N) is 3. The van der Waals surface area contributed by atoms with Gasteiger partial charge >= 0.3 is 0 Å². The number of pyridine rings is 2. The molecular weight excluding hydrogens is 381 g/mol.